The molecule has 3 aromatic rings. The Morgan fingerprint density at radius 3 is 2.70 bits per heavy atom. The normalized spacial score (nSPS) is 10.9. The van der Waals surface area contributed by atoms with Crippen molar-refractivity contribution in [2.24, 2.45) is 7.05 Å². The SMILES string of the molecule is CCOC(=O)c1c[nH]c2c(c(-c3ccc(Cl)cc3)nn2C)c1=O. The zero-order valence-corrected chi connectivity index (χ0v) is 13.3. The molecule has 2 heterocycles. The van der Waals surface area contributed by atoms with Crippen LogP contribution < -0.4 is 5.43 Å². The number of nitrogens with one attached hydrogen (secondary N) is 1. The molecule has 0 bridgehead atoms. The van der Waals surface area contributed by atoms with Crippen molar-refractivity contribution in [2.75, 3.05) is 6.61 Å². The molecule has 2 aromatic heterocycles. The number of carbonyl (C=O) groups is 1. The molecule has 7 heteroatoms. The van der Waals surface area contributed by atoms with Crippen molar-refractivity contribution in [3.8, 4) is 11.3 Å². The largest absolute Gasteiger partial charge is 0.462 e. The number of aryl methyl sites for hydroxylation is 1. The lowest BCUT2D eigenvalue weighted by Crippen LogP contribution is -2.18. The highest BCUT2D eigenvalue weighted by Crippen LogP contribution is 2.25. The molecule has 0 saturated heterocycles. The maximum absolute atomic E-state index is 12.7. The summed E-state index contributed by atoms with van der Waals surface area (Å²) in [5, 5.41) is 5.33. The van der Waals surface area contributed by atoms with Gasteiger partial charge in [-0.1, -0.05) is 23.7 Å². The van der Waals surface area contributed by atoms with Crippen LogP contribution in [-0.2, 0) is 11.8 Å². The highest BCUT2D eigenvalue weighted by Gasteiger charge is 2.20. The summed E-state index contributed by atoms with van der Waals surface area (Å²) in [4.78, 5) is 27.6. The van der Waals surface area contributed by atoms with Crippen molar-refractivity contribution in [1.29, 1.82) is 0 Å². The molecule has 0 aliphatic carbocycles. The van der Waals surface area contributed by atoms with Gasteiger partial charge in [-0.15, -0.1) is 0 Å². The van der Waals surface area contributed by atoms with Gasteiger partial charge in [-0.25, -0.2) is 4.79 Å². The summed E-state index contributed by atoms with van der Waals surface area (Å²) in [5.74, 6) is -0.651. The lowest BCUT2D eigenvalue weighted by molar-refractivity contribution is 0.0524. The zero-order valence-electron chi connectivity index (χ0n) is 12.6. The molecule has 0 spiro atoms. The van der Waals surface area contributed by atoms with Crippen LogP contribution in [-0.4, -0.2) is 27.3 Å². The number of halogens is 1. The fourth-order valence-electron chi connectivity index (χ4n) is 2.42. The summed E-state index contributed by atoms with van der Waals surface area (Å²) in [5.41, 5.74) is 1.32. The third-order valence-corrected chi connectivity index (χ3v) is 3.74. The third kappa shape index (κ3) is 2.61. The van der Waals surface area contributed by atoms with E-state index < -0.39 is 11.4 Å². The number of aromatic nitrogens is 3. The fourth-order valence-corrected chi connectivity index (χ4v) is 2.54. The molecule has 1 N–H and O–H groups in total. The number of ether oxygens (including phenoxy) is 1. The molecule has 3 rings (SSSR count). The highest BCUT2D eigenvalue weighted by atomic mass is 35.5. The summed E-state index contributed by atoms with van der Waals surface area (Å²) in [6, 6.07) is 7.00. The van der Waals surface area contributed by atoms with Crippen LogP contribution in [0.15, 0.2) is 35.3 Å². The quantitative estimate of drug-likeness (QED) is 0.749. The van der Waals surface area contributed by atoms with Crippen molar-refractivity contribution >= 4 is 28.6 Å². The molecule has 6 nitrogen and oxygen atoms in total. The first-order valence-corrected chi connectivity index (χ1v) is 7.42. The zero-order chi connectivity index (χ0) is 16.6. The standard InChI is InChI=1S/C16H14ClN3O3/c1-3-23-16(22)11-8-18-15-12(14(11)21)13(19-20(15)2)9-4-6-10(17)7-5-9/h4-8H,3H2,1-2H3,(H,18,21). The maximum Gasteiger partial charge on any atom is 0.343 e. The van der Waals surface area contributed by atoms with Gasteiger partial charge in [0.25, 0.3) is 0 Å². The van der Waals surface area contributed by atoms with E-state index >= 15 is 0 Å². The summed E-state index contributed by atoms with van der Waals surface area (Å²) < 4.78 is 6.49. The highest BCUT2D eigenvalue weighted by molar-refractivity contribution is 6.30. The minimum Gasteiger partial charge on any atom is -0.462 e. The van der Waals surface area contributed by atoms with Gasteiger partial charge in [-0.3, -0.25) is 9.48 Å². The number of esters is 1. The monoisotopic (exact) mass is 331 g/mol. The maximum atomic E-state index is 12.7. The van der Waals surface area contributed by atoms with Gasteiger partial charge < -0.3 is 9.72 Å². The van der Waals surface area contributed by atoms with E-state index in [0.29, 0.717) is 21.7 Å². The van der Waals surface area contributed by atoms with Crippen LogP contribution in [0.4, 0.5) is 0 Å². The van der Waals surface area contributed by atoms with E-state index in [4.69, 9.17) is 16.3 Å². The second-order valence-electron chi connectivity index (χ2n) is 4.95. The van der Waals surface area contributed by atoms with Crippen LogP contribution >= 0.6 is 11.6 Å². The van der Waals surface area contributed by atoms with Crippen LogP contribution in [0.1, 0.15) is 17.3 Å². The molecule has 0 fully saturated rings. The Morgan fingerprint density at radius 2 is 2.04 bits per heavy atom. The number of hydrogen-bond acceptors (Lipinski definition) is 4. The Kier molecular flexibility index (Phi) is 3.92. The molecule has 0 atom stereocenters. The van der Waals surface area contributed by atoms with E-state index in [1.807, 2.05) is 0 Å². The molecular formula is C16H14ClN3O3. The van der Waals surface area contributed by atoms with Crippen molar-refractivity contribution in [1.82, 2.24) is 14.8 Å². The molecule has 0 radical (unpaired) electrons. The molecule has 118 valence electrons. The van der Waals surface area contributed by atoms with Gasteiger partial charge in [0, 0.05) is 23.8 Å². The average molecular weight is 332 g/mol. The number of hydrogen-bond donors (Lipinski definition) is 1. The van der Waals surface area contributed by atoms with Gasteiger partial charge in [0.2, 0.25) is 5.43 Å². The van der Waals surface area contributed by atoms with Crippen molar-refractivity contribution in [2.45, 2.75) is 6.92 Å². The van der Waals surface area contributed by atoms with Gasteiger partial charge in [-0.2, -0.15) is 5.10 Å². The van der Waals surface area contributed by atoms with Crippen LogP contribution in [0.2, 0.25) is 5.02 Å². The predicted molar refractivity (Wildman–Crippen MR) is 87.7 cm³/mol. The Labute approximate surface area is 136 Å². The Bertz CT molecular complexity index is 942. The van der Waals surface area contributed by atoms with Crippen molar-refractivity contribution < 1.29 is 9.53 Å². The summed E-state index contributed by atoms with van der Waals surface area (Å²) >= 11 is 5.90. The number of carbonyl (C=O) groups excluding carboxylic acids is 1. The lowest BCUT2D eigenvalue weighted by atomic mass is 10.1. The first-order valence-electron chi connectivity index (χ1n) is 7.04. The first-order chi connectivity index (χ1) is 11.0. The van der Waals surface area contributed by atoms with E-state index in [2.05, 4.69) is 10.1 Å². The smallest absolute Gasteiger partial charge is 0.343 e. The van der Waals surface area contributed by atoms with Crippen LogP contribution in [0.25, 0.3) is 22.3 Å². The number of rotatable bonds is 3. The topological polar surface area (TPSA) is 77.0 Å². The summed E-state index contributed by atoms with van der Waals surface area (Å²) in [6.07, 6.45) is 1.36. The average Bonchev–Trinajstić information content (AvgIpc) is 2.86. The second-order valence-corrected chi connectivity index (χ2v) is 5.39. The minimum atomic E-state index is -0.651. The van der Waals surface area contributed by atoms with Gasteiger partial charge in [0.15, 0.2) is 0 Å². The van der Waals surface area contributed by atoms with Gasteiger partial charge in [-0.05, 0) is 19.1 Å². The van der Waals surface area contributed by atoms with Crippen LogP contribution in [0, 0.1) is 0 Å². The summed E-state index contributed by atoms with van der Waals surface area (Å²) in [7, 11) is 1.72. The molecule has 0 unspecified atom stereocenters. The molecule has 0 aliphatic heterocycles. The van der Waals surface area contributed by atoms with Gasteiger partial charge in [0.05, 0.1) is 12.0 Å². The Balaban J connectivity index is 2.27. The fraction of sp³-hybridized carbons (Fsp3) is 0.188. The van der Waals surface area contributed by atoms with Gasteiger partial charge >= 0.3 is 5.97 Å². The predicted octanol–water partition coefficient (Wildman–Crippen LogP) is 2.76. The summed E-state index contributed by atoms with van der Waals surface area (Å²) in [6.45, 7) is 1.89. The molecular weight excluding hydrogens is 318 g/mol. The molecule has 1 aromatic carbocycles. The minimum absolute atomic E-state index is 0.0393. The van der Waals surface area contributed by atoms with E-state index in [-0.39, 0.29) is 12.2 Å². The molecule has 0 saturated carbocycles. The lowest BCUT2D eigenvalue weighted by Gasteiger charge is -2.02. The number of fused-ring (bicyclic) bond motifs is 1. The molecule has 23 heavy (non-hydrogen) atoms. The number of pyridine rings is 1. The van der Waals surface area contributed by atoms with E-state index in [9.17, 15) is 9.59 Å². The van der Waals surface area contributed by atoms with E-state index in [0.717, 1.165) is 5.56 Å². The van der Waals surface area contributed by atoms with Crippen molar-refractivity contribution in [3.05, 3.63) is 51.3 Å². The van der Waals surface area contributed by atoms with E-state index in [1.165, 1.54) is 6.20 Å². The third-order valence-electron chi connectivity index (χ3n) is 3.49. The molecule has 0 aliphatic rings. The van der Waals surface area contributed by atoms with Crippen LogP contribution in [0.3, 0.4) is 0 Å². The number of aromatic amines is 1. The first kappa shape index (κ1) is 15.3. The number of H-pyrrole nitrogens is 1. The van der Waals surface area contributed by atoms with E-state index in [1.54, 1.807) is 42.9 Å². The number of benzene rings is 1. The van der Waals surface area contributed by atoms with Crippen molar-refractivity contribution in [3.63, 3.8) is 0 Å². The molecule has 0 amide bonds. The second kappa shape index (κ2) is 5.89. The Hall–Kier alpha value is -2.60. The van der Waals surface area contributed by atoms with Crippen LogP contribution in [0.5, 0.6) is 0 Å². The van der Waals surface area contributed by atoms with Gasteiger partial charge in [0.1, 0.15) is 16.9 Å². The Morgan fingerprint density at radius 1 is 1.35 bits per heavy atom. The number of nitrogens with zero attached hydrogens (tertiary/aromatic N) is 2.